The molecule has 0 N–H and O–H groups in total. The molecule has 0 fully saturated rings. The van der Waals surface area contributed by atoms with E-state index in [2.05, 4.69) is 5.10 Å². The maximum absolute atomic E-state index is 11.5. The van der Waals surface area contributed by atoms with Crippen LogP contribution in [0, 0.1) is 0 Å². The molecule has 0 aliphatic rings. The van der Waals surface area contributed by atoms with Gasteiger partial charge in [0.25, 0.3) is 5.88 Å². The highest BCUT2D eigenvalue weighted by molar-refractivity contribution is 8.09. The Morgan fingerprint density at radius 3 is 2.41 bits per heavy atom. The average molecular weight is 319 g/mol. The lowest BCUT2D eigenvalue weighted by Crippen LogP contribution is -2.05. The summed E-state index contributed by atoms with van der Waals surface area (Å²) in [5.74, 6) is -0.0257. The van der Waals surface area contributed by atoms with Gasteiger partial charge in [-0.3, -0.25) is 4.68 Å². The van der Waals surface area contributed by atoms with E-state index >= 15 is 0 Å². The molecule has 0 saturated carbocycles. The van der Waals surface area contributed by atoms with E-state index in [9.17, 15) is 8.42 Å². The van der Waals surface area contributed by atoms with Crippen molar-refractivity contribution >= 4 is 39.7 Å². The minimum Gasteiger partial charge on any atom is -0.423 e. The number of aromatic nitrogens is 2. The molecule has 6 nitrogen and oxygen atoms in total. The van der Waals surface area contributed by atoms with Crippen LogP contribution in [-0.2, 0) is 33.2 Å². The molecule has 1 atom stereocenters. The van der Waals surface area contributed by atoms with E-state index in [1.54, 1.807) is 6.66 Å². The maximum Gasteiger partial charge on any atom is 0.258 e. The Kier molecular flexibility index (Phi) is 4.26. The standard InChI is InChI=1S/C7H12ClN2O4PS2/c1-10-7(17(4,11)12)5(8)6(9-10)14-15(3,16)13-2/h1-4H3. The van der Waals surface area contributed by atoms with Gasteiger partial charge < -0.3 is 9.05 Å². The van der Waals surface area contributed by atoms with Crippen LogP contribution in [0.1, 0.15) is 0 Å². The molecular formula is C7H12ClN2O4PS2. The van der Waals surface area contributed by atoms with E-state index < -0.39 is 16.3 Å². The van der Waals surface area contributed by atoms with Crippen LogP contribution in [0.3, 0.4) is 0 Å². The van der Waals surface area contributed by atoms with Crippen molar-refractivity contribution in [3.63, 3.8) is 0 Å². The van der Waals surface area contributed by atoms with E-state index in [0.717, 1.165) is 10.9 Å². The van der Waals surface area contributed by atoms with E-state index in [1.165, 1.54) is 14.2 Å². The van der Waals surface area contributed by atoms with Crippen LogP contribution >= 0.6 is 18.1 Å². The fourth-order valence-electron chi connectivity index (χ4n) is 1.11. The second-order valence-corrected chi connectivity index (χ2v) is 9.75. The predicted molar refractivity (Wildman–Crippen MR) is 69.2 cm³/mol. The highest BCUT2D eigenvalue weighted by Gasteiger charge is 2.26. The summed E-state index contributed by atoms with van der Waals surface area (Å²) in [6, 6.07) is 0. The SMILES string of the molecule is COP(C)(=S)Oc1nn(C)c(S(C)(=O)=O)c1Cl. The molecule has 1 heterocycles. The summed E-state index contributed by atoms with van der Waals surface area (Å²) in [5, 5.41) is 3.68. The van der Waals surface area contributed by atoms with Crippen molar-refractivity contribution in [3.05, 3.63) is 5.02 Å². The topological polar surface area (TPSA) is 70.4 Å². The van der Waals surface area contributed by atoms with E-state index in [-0.39, 0.29) is 15.9 Å². The number of nitrogens with zero attached hydrogens (tertiary/aromatic N) is 2. The summed E-state index contributed by atoms with van der Waals surface area (Å²) in [4.78, 5) is 0. The molecule has 0 aromatic carbocycles. The number of rotatable bonds is 4. The Hall–Kier alpha value is -0.140. The quantitative estimate of drug-likeness (QED) is 0.782. The van der Waals surface area contributed by atoms with Gasteiger partial charge in [-0.15, -0.1) is 5.10 Å². The largest absolute Gasteiger partial charge is 0.423 e. The molecule has 0 radical (unpaired) electrons. The first-order chi connectivity index (χ1) is 7.58. The van der Waals surface area contributed by atoms with Crippen molar-refractivity contribution in [2.24, 2.45) is 7.05 Å². The summed E-state index contributed by atoms with van der Waals surface area (Å²) < 4.78 is 34.4. The van der Waals surface area contributed by atoms with Gasteiger partial charge >= 0.3 is 0 Å². The van der Waals surface area contributed by atoms with Crippen LogP contribution in [0.4, 0.5) is 0 Å². The smallest absolute Gasteiger partial charge is 0.258 e. The van der Waals surface area contributed by atoms with Crippen LogP contribution in [-0.4, -0.2) is 38.2 Å². The van der Waals surface area contributed by atoms with Crippen molar-refractivity contribution in [3.8, 4) is 5.88 Å². The minimum absolute atomic E-state index is 0.0257. The van der Waals surface area contributed by atoms with Crippen molar-refractivity contribution in [2.75, 3.05) is 20.0 Å². The molecule has 0 amide bonds. The molecule has 0 aliphatic heterocycles. The lowest BCUT2D eigenvalue weighted by Gasteiger charge is -2.13. The van der Waals surface area contributed by atoms with Crippen LogP contribution in [0.15, 0.2) is 5.03 Å². The van der Waals surface area contributed by atoms with Gasteiger partial charge in [-0.25, -0.2) is 8.42 Å². The Morgan fingerprint density at radius 2 is 2.06 bits per heavy atom. The first-order valence-electron chi connectivity index (χ1n) is 4.34. The third kappa shape index (κ3) is 3.42. The Morgan fingerprint density at radius 1 is 1.53 bits per heavy atom. The molecule has 0 saturated heterocycles. The normalized spacial score (nSPS) is 15.6. The molecule has 10 heteroatoms. The van der Waals surface area contributed by atoms with Gasteiger partial charge in [0.05, 0.1) is 0 Å². The van der Waals surface area contributed by atoms with E-state index in [1.807, 2.05) is 0 Å². The second-order valence-electron chi connectivity index (χ2n) is 3.37. The zero-order chi connectivity index (χ0) is 13.4. The second kappa shape index (κ2) is 4.85. The Bertz CT molecular complexity index is 583. The van der Waals surface area contributed by atoms with Crippen LogP contribution in [0.2, 0.25) is 5.02 Å². The highest BCUT2D eigenvalue weighted by atomic mass is 35.5. The number of sulfone groups is 1. The fraction of sp³-hybridized carbons (Fsp3) is 0.571. The van der Waals surface area contributed by atoms with E-state index in [4.69, 9.17) is 32.5 Å². The maximum atomic E-state index is 11.5. The monoisotopic (exact) mass is 318 g/mol. The fourth-order valence-corrected chi connectivity index (χ4v) is 3.45. The summed E-state index contributed by atoms with van der Waals surface area (Å²) in [6.07, 6.45) is 1.04. The predicted octanol–water partition coefficient (Wildman–Crippen LogP) is 1.44. The third-order valence-electron chi connectivity index (χ3n) is 1.85. The molecule has 98 valence electrons. The zero-order valence-electron chi connectivity index (χ0n) is 9.67. The minimum atomic E-state index is -3.48. The summed E-state index contributed by atoms with van der Waals surface area (Å²) in [7, 11) is -0.608. The van der Waals surface area contributed by atoms with Gasteiger partial charge in [-0.05, 0) is 11.8 Å². The van der Waals surface area contributed by atoms with Gasteiger partial charge in [-0.2, -0.15) is 0 Å². The van der Waals surface area contributed by atoms with Crippen LogP contribution in [0.5, 0.6) is 5.88 Å². The zero-order valence-corrected chi connectivity index (χ0v) is 13.0. The highest BCUT2D eigenvalue weighted by Crippen LogP contribution is 2.46. The van der Waals surface area contributed by atoms with Crippen molar-refractivity contribution < 1.29 is 17.5 Å². The van der Waals surface area contributed by atoms with Crippen molar-refractivity contribution in [1.82, 2.24) is 9.78 Å². The first kappa shape index (κ1) is 14.9. The number of hydrogen-bond donors (Lipinski definition) is 0. The molecule has 17 heavy (non-hydrogen) atoms. The molecule has 1 aromatic heterocycles. The number of halogens is 1. The summed E-state index contributed by atoms with van der Waals surface area (Å²) in [6.45, 7) is -0.912. The lowest BCUT2D eigenvalue weighted by molar-refractivity contribution is 0.391. The molecule has 0 spiro atoms. The van der Waals surface area contributed by atoms with Gasteiger partial charge in [-0.1, -0.05) is 11.6 Å². The van der Waals surface area contributed by atoms with Crippen molar-refractivity contribution in [2.45, 2.75) is 5.03 Å². The molecule has 0 bridgehead atoms. The first-order valence-corrected chi connectivity index (χ1v) is 9.69. The number of aryl methyl sites for hydroxylation is 1. The van der Waals surface area contributed by atoms with Gasteiger partial charge in [0.2, 0.25) is 6.49 Å². The van der Waals surface area contributed by atoms with Crippen molar-refractivity contribution in [1.29, 1.82) is 0 Å². The molecule has 0 aliphatic carbocycles. The van der Waals surface area contributed by atoms with Crippen LogP contribution in [0.25, 0.3) is 0 Å². The van der Waals surface area contributed by atoms with Gasteiger partial charge in [0.15, 0.2) is 14.9 Å². The molecule has 1 aromatic rings. The Labute approximate surface area is 110 Å². The molecule has 1 unspecified atom stereocenters. The average Bonchev–Trinajstić information content (AvgIpc) is 2.40. The van der Waals surface area contributed by atoms with E-state index in [0.29, 0.717) is 0 Å². The van der Waals surface area contributed by atoms with Crippen LogP contribution < -0.4 is 4.52 Å². The Balaban J connectivity index is 3.28. The van der Waals surface area contributed by atoms with Gasteiger partial charge in [0.1, 0.15) is 5.02 Å². The molecule has 1 rings (SSSR count). The lowest BCUT2D eigenvalue weighted by atomic mass is 10.7. The molecular weight excluding hydrogens is 307 g/mol. The third-order valence-corrected chi connectivity index (χ3v) is 5.31. The van der Waals surface area contributed by atoms with Gasteiger partial charge in [0, 0.05) is 27.1 Å². The number of hydrogen-bond acceptors (Lipinski definition) is 6. The summed E-state index contributed by atoms with van der Waals surface area (Å²) >= 11 is 10.9. The summed E-state index contributed by atoms with van der Waals surface area (Å²) in [5.41, 5.74) is 0.